The van der Waals surface area contributed by atoms with Crippen LogP contribution in [0.4, 0.5) is 0 Å². The Bertz CT molecular complexity index is 231. The summed E-state index contributed by atoms with van der Waals surface area (Å²) in [5.74, 6) is 1.45. The summed E-state index contributed by atoms with van der Waals surface area (Å²) in [4.78, 5) is 11.7. The molecule has 0 saturated heterocycles. The maximum Gasteiger partial charge on any atom is 0.220 e. The smallest absolute Gasteiger partial charge is 0.220 e. The van der Waals surface area contributed by atoms with Gasteiger partial charge in [0.15, 0.2) is 0 Å². The van der Waals surface area contributed by atoms with Gasteiger partial charge in [0.2, 0.25) is 5.91 Å². The number of carbonyl (C=O) groups is 1. The Kier molecular flexibility index (Phi) is 5.56. The van der Waals surface area contributed by atoms with Crippen LogP contribution in [0, 0.1) is 11.8 Å². The van der Waals surface area contributed by atoms with Crippen molar-refractivity contribution in [2.24, 2.45) is 17.6 Å². The van der Waals surface area contributed by atoms with Gasteiger partial charge in [-0.25, -0.2) is 0 Å². The molecule has 1 amide bonds. The summed E-state index contributed by atoms with van der Waals surface area (Å²) in [6.45, 7) is 0.717. The van der Waals surface area contributed by atoms with Crippen molar-refractivity contribution in [1.82, 2.24) is 5.32 Å². The fourth-order valence-electron chi connectivity index (χ4n) is 2.73. The third-order valence-corrected chi connectivity index (χ3v) is 4.01. The van der Waals surface area contributed by atoms with Crippen molar-refractivity contribution < 1.29 is 4.79 Å². The SMILES string of the molecule is Cl.NCC1CCCC1NC(=O)CC1CCC1. The van der Waals surface area contributed by atoms with E-state index in [0.29, 0.717) is 24.4 Å². The molecule has 0 aliphatic heterocycles. The molecule has 94 valence electrons. The van der Waals surface area contributed by atoms with Gasteiger partial charge in [0.1, 0.15) is 0 Å². The van der Waals surface area contributed by atoms with Crippen LogP contribution in [0.2, 0.25) is 0 Å². The van der Waals surface area contributed by atoms with Gasteiger partial charge in [-0.2, -0.15) is 0 Å². The molecule has 2 fully saturated rings. The van der Waals surface area contributed by atoms with Crippen LogP contribution in [-0.2, 0) is 4.79 Å². The lowest BCUT2D eigenvalue weighted by atomic mass is 9.83. The number of carbonyl (C=O) groups excluding carboxylic acids is 1. The van der Waals surface area contributed by atoms with Crippen LogP contribution >= 0.6 is 12.4 Å². The first kappa shape index (κ1) is 13.8. The summed E-state index contributed by atoms with van der Waals surface area (Å²) in [5, 5.41) is 3.16. The van der Waals surface area contributed by atoms with E-state index < -0.39 is 0 Å². The molecule has 16 heavy (non-hydrogen) atoms. The Morgan fingerprint density at radius 3 is 2.44 bits per heavy atom. The maximum atomic E-state index is 11.7. The van der Waals surface area contributed by atoms with E-state index in [1.807, 2.05) is 0 Å². The van der Waals surface area contributed by atoms with Crippen molar-refractivity contribution in [2.45, 2.75) is 51.0 Å². The van der Waals surface area contributed by atoms with Gasteiger partial charge in [-0.1, -0.05) is 12.8 Å². The van der Waals surface area contributed by atoms with E-state index in [2.05, 4.69) is 5.32 Å². The Labute approximate surface area is 104 Å². The zero-order chi connectivity index (χ0) is 10.7. The molecule has 2 atom stereocenters. The van der Waals surface area contributed by atoms with Gasteiger partial charge in [-0.15, -0.1) is 12.4 Å². The highest BCUT2D eigenvalue weighted by molar-refractivity contribution is 5.85. The van der Waals surface area contributed by atoms with Crippen LogP contribution < -0.4 is 11.1 Å². The second kappa shape index (κ2) is 6.45. The van der Waals surface area contributed by atoms with E-state index in [4.69, 9.17) is 5.73 Å². The lowest BCUT2D eigenvalue weighted by Crippen LogP contribution is -2.40. The van der Waals surface area contributed by atoms with E-state index in [0.717, 1.165) is 12.8 Å². The van der Waals surface area contributed by atoms with Gasteiger partial charge in [-0.3, -0.25) is 4.79 Å². The number of halogens is 1. The normalized spacial score (nSPS) is 29.3. The zero-order valence-corrected chi connectivity index (χ0v) is 10.6. The van der Waals surface area contributed by atoms with E-state index in [9.17, 15) is 4.79 Å². The van der Waals surface area contributed by atoms with Gasteiger partial charge in [-0.05, 0) is 44.1 Å². The first-order valence-corrected chi connectivity index (χ1v) is 6.29. The highest BCUT2D eigenvalue weighted by Gasteiger charge is 2.28. The third kappa shape index (κ3) is 3.36. The fourth-order valence-corrected chi connectivity index (χ4v) is 2.73. The van der Waals surface area contributed by atoms with Gasteiger partial charge in [0.05, 0.1) is 0 Å². The number of hydrogen-bond acceptors (Lipinski definition) is 2. The fraction of sp³-hybridized carbons (Fsp3) is 0.917. The molecule has 4 heteroatoms. The lowest BCUT2D eigenvalue weighted by molar-refractivity contribution is -0.123. The molecule has 0 radical (unpaired) electrons. The Morgan fingerprint density at radius 2 is 1.88 bits per heavy atom. The molecule has 0 aromatic heterocycles. The molecule has 0 spiro atoms. The number of amides is 1. The van der Waals surface area contributed by atoms with Crippen molar-refractivity contribution >= 4 is 18.3 Å². The molecule has 2 rings (SSSR count). The summed E-state index contributed by atoms with van der Waals surface area (Å²) in [6, 6.07) is 0.363. The first-order valence-electron chi connectivity index (χ1n) is 6.29. The van der Waals surface area contributed by atoms with Crippen molar-refractivity contribution in [1.29, 1.82) is 0 Å². The summed E-state index contributed by atoms with van der Waals surface area (Å²) in [5.41, 5.74) is 5.69. The second-order valence-electron chi connectivity index (χ2n) is 5.10. The molecule has 0 aromatic carbocycles. The van der Waals surface area contributed by atoms with Crippen LogP contribution in [0.25, 0.3) is 0 Å². The molecule has 3 nitrogen and oxygen atoms in total. The van der Waals surface area contributed by atoms with Crippen molar-refractivity contribution in [3.63, 3.8) is 0 Å². The summed E-state index contributed by atoms with van der Waals surface area (Å²) in [6.07, 6.45) is 8.08. The molecule has 0 bridgehead atoms. The van der Waals surface area contributed by atoms with Gasteiger partial charge < -0.3 is 11.1 Å². The molecule has 3 N–H and O–H groups in total. The topological polar surface area (TPSA) is 55.1 Å². The minimum Gasteiger partial charge on any atom is -0.353 e. The molecule has 2 saturated carbocycles. The average molecular weight is 247 g/mol. The van der Waals surface area contributed by atoms with E-state index in [-0.39, 0.29) is 18.3 Å². The van der Waals surface area contributed by atoms with Crippen molar-refractivity contribution in [3.8, 4) is 0 Å². The van der Waals surface area contributed by atoms with Crippen molar-refractivity contribution in [3.05, 3.63) is 0 Å². The molecule has 2 aliphatic rings. The molecule has 2 aliphatic carbocycles. The van der Waals surface area contributed by atoms with Gasteiger partial charge >= 0.3 is 0 Å². The van der Waals surface area contributed by atoms with Crippen LogP contribution in [0.5, 0.6) is 0 Å². The monoisotopic (exact) mass is 246 g/mol. The van der Waals surface area contributed by atoms with Crippen LogP contribution in [0.1, 0.15) is 44.9 Å². The lowest BCUT2D eigenvalue weighted by Gasteiger charge is -2.26. The summed E-state index contributed by atoms with van der Waals surface area (Å²) >= 11 is 0. The highest BCUT2D eigenvalue weighted by atomic mass is 35.5. The quantitative estimate of drug-likeness (QED) is 0.796. The van der Waals surface area contributed by atoms with E-state index in [1.54, 1.807) is 0 Å². The number of nitrogens with two attached hydrogens (primary N) is 1. The second-order valence-corrected chi connectivity index (χ2v) is 5.10. The molecular weight excluding hydrogens is 224 g/mol. The summed E-state index contributed by atoms with van der Waals surface area (Å²) < 4.78 is 0. The Hall–Kier alpha value is -0.280. The zero-order valence-electron chi connectivity index (χ0n) is 9.78. The predicted octanol–water partition coefficient (Wildman–Crippen LogP) is 1.84. The molecular formula is C12H23ClN2O. The standard InChI is InChI=1S/C12H22N2O.ClH/c13-8-10-5-2-6-11(10)14-12(15)7-9-3-1-4-9;/h9-11H,1-8,13H2,(H,14,15);1H. The largest absolute Gasteiger partial charge is 0.353 e. The first-order chi connectivity index (χ1) is 7.29. The minimum absolute atomic E-state index is 0. The highest BCUT2D eigenvalue weighted by Crippen LogP contribution is 2.30. The molecule has 0 heterocycles. The van der Waals surface area contributed by atoms with Gasteiger partial charge in [0, 0.05) is 12.5 Å². The van der Waals surface area contributed by atoms with Crippen LogP contribution in [-0.4, -0.2) is 18.5 Å². The maximum absolute atomic E-state index is 11.7. The number of hydrogen-bond donors (Lipinski definition) is 2. The predicted molar refractivity (Wildman–Crippen MR) is 67.5 cm³/mol. The minimum atomic E-state index is 0. The van der Waals surface area contributed by atoms with Crippen LogP contribution in [0.15, 0.2) is 0 Å². The van der Waals surface area contributed by atoms with E-state index >= 15 is 0 Å². The third-order valence-electron chi connectivity index (χ3n) is 4.01. The van der Waals surface area contributed by atoms with Crippen LogP contribution in [0.3, 0.4) is 0 Å². The number of nitrogens with one attached hydrogen (secondary N) is 1. The Morgan fingerprint density at radius 1 is 1.19 bits per heavy atom. The summed E-state index contributed by atoms with van der Waals surface area (Å²) in [7, 11) is 0. The van der Waals surface area contributed by atoms with Gasteiger partial charge in [0.25, 0.3) is 0 Å². The van der Waals surface area contributed by atoms with E-state index in [1.165, 1.54) is 32.1 Å². The molecule has 2 unspecified atom stereocenters. The average Bonchev–Trinajstić information content (AvgIpc) is 2.59. The Balaban J connectivity index is 0.00000128. The number of rotatable bonds is 4. The van der Waals surface area contributed by atoms with Crippen molar-refractivity contribution in [2.75, 3.05) is 6.54 Å². The molecule has 0 aromatic rings.